The van der Waals surface area contributed by atoms with E-state index in [2.05, 4.69) is 0 Å². The number of imide groups is 2. The first-order valence-corrected chi connectivity index (χ1v) is 5.95. The molecule has 6 heteroatoms. The minimum atomic E-state index is -0.447. The molecule has 0 fully saturated rings. The first kappa shape index (κ1) is 12.3. The molecule has 1 aromatic rings. The van der Waals surface area contributed by atoms with Crippen LogP contribution in [0.5, 0.6) is 0 Å². The van der Waals surface area contributed by atoms with Gasteiger partial charge in [0.2, 0.25) is 0 Å². The Labute approximate surface area is 114 Å². The number of rotatable bonds is 1. The summed E-state index contributed by atoms with van der Waals surface area (Å²) < 4.78 is 0. The lowest BCUT2D eigenvalue weighted by Crippen LogP contribution is -2.30. The van der Waals surface area contributed by atoms with Gasteiger partial charge in [-0.1, -0.05) is 0 Å². The summed E-state index contributed by atoms with van der Waals surface area (Å²) >= 11 is 0. The summed E-state index contributed by atoms with van der Waals surface area (Å²) in [7, 11) is 1.39. The fourth-order valence-corrected chi connectivity index (χ4v) is 2.32. The van der Waals surface area contributed by atoms with E-state index in [1.807, 2.05) is 0 Å². The molecule has 0 radical (unpaired) electrons. The molecule has 0 spiro atoms. The van der Waals surface area contributed by atoms with Crippen molar-refractivity contribution < 1.29 is 19.2 Å². The van der Waals surface area contributed by atoms with Crippen LogP contribution >= 0.6 is 0 Å². The van der Waals surface area contributed by atoms with Crippen LogP contribution < -0.4 is 4.90 Å². The van der Waals surface area contributed by atoms with Gasteiger partial charge in [-0.2, -0.15) is 0 Å². The highest BCUT2D eigenvalue weighted by Gasteiger charge is 2.35. The Morgan fingerprint density at radius 2 is 1.55 bits per heavy atom. The fourth-order valence-electron chi connectivity index (χ4n) is 2.32. The van der Waals surface area contributed by atoms with Crippen molar-refractivity contribution in [3.63, 3.8) is 0 Å². The van der Waals surface area contributed by atoms with Crippen LogP contribution in [0.3, 0.4) is 0 Å². The van der Waals surface area contributed by atoms with Crippen molar-refractivity contribution in [2.45, 2.75) is 6.92 Å². The van der Waals surface area contributed by atoms with E-state index >= 15 is 0 Å². The number of benzene rings is 1. The Morgan fingerprint density at radius 1 is 0.900 bits per heavy atom. The monoisotopic (exact) mass is 270 g/mol. The molecule has 6 nitrogen and oxygen atoms in total. The molecule has 2 heterocycles. The summed E-state index contributed by atoms with van der Waals surface area (Å²) in [6, 6.07) is 4.36. The first-order chi connectivity index (χ1) is 9.41. The van der Waals surface area contributed by atoms with Crippen molar-refractivity contribution in [3.8, 4) is 0 Å². The van der Waals surface area contributed by atoms with Gasteiger partial charge in [-0.15, -0.1) is 0 Å². The maximum Gasteiger partial charge on any atom is 0.261 e. The van der Waals surface area contributed by atoms with Gasteiger partial charge < -0.3 is 0 Å². The second kappa shape index (κ2) is 3.86. The van der Waals surface area contributed by atoms with Crippen LogP contribution in [-0.4, -0.2) is 35.6 Å². The lowest BCUT2D eigenvalue weighted by atomic mass is 10.1. The van der Waals surface area contributed by atoms with Crippen LogP contribution in [0.4, 0.5) is 5.69 Å². The Balaban J connectivity index is 2.08. The number of fused-ring (bicyclic) bond motifs is 1. The summed E-state index contributed by atoms with van der Waals surface area (Å²) in [4.78, 5) is 49.3. The van der Waals surface area contributed by atoms with E-state index in [1.54, 1.807) is 6.92 Å². The van der Waals surface area contributed by atoms with Crippen molar-refractivity contribution >= 4 is 29.3 Å². The Bertz CT molecular complexity index is 733. The highest BCUT2D eigenvalue weighted by Crippen LogP contribution is 2.29. The third-order valence-electron chi connectivity index (χ3n) is 3.43. The molecule has 0 aliphatic carbocycles. The standard InChI is InChI=1S/C14H10N2O4/c1-7-5-11(17)16(12(7)18)8-3-4-9-10(6-8)14(20)15(2)13(9)19/h3-6H,1-2H3. The average molecular weight is 270 g/mol. The molecular formula is C14H10N2O4. The quantitative estimate of drug-likeness (QED) is 0.705. The van der Waals surface area contributed by atoms with E-state index < -0.39 is 17.7 Å². The van der Waals surface area contributed by atoms with Gasteiger partial charge in [0.1, 0.15) is 0 Å². The van der Waals surface area contributed by atoms with Gasteiger partial charge in [0, 0.05) is 18.7 Å². The van der Waals surface area contributed by atoms with Gasteiger partial charge in [0.15, 0.2) is 0 Å². The van der Waals surface area contributed by atoms with Gasteiger partial charge in [-0.25, -0.2) is 4.90 Å². The van der Waals surface area contributed by atoms with E-state index in [0.29, 0.717) is 11.3 Å². The lowest BCUT2D eigenvalue weighted by molar-refractivity contribution is -0.120. The number of hydrogen-bond acceptors (Lipinski definition) is 4. The SMILES string of the molecule is CC1=CC(=O)N(c2ccc3c(c2)C(=O)N(C)C3=O)C1=O. The van der Waals surface area contributed by atoms with E-state index in [4.69, 9.17) is 0 Å². The van der Waals surface area contributed by atoms with Crippen molar-refractivity contribution in [2.75, 3.05) is 11.9 Å². The zero-order chi connectivity index (χ0) is 14.6. The van der Waals surface area contributed by atoms with Gasteiger partial charge in [0.25, 0.3) is 23.6 Å². The van der Waals surface area contributed by atoms with Crippen LogP contribution in [0.15, 0.2) is 29.8 Å². The van der Waals surface area contributed by atoms with Crippen molar-refractivity contribution in [3.05, 3.63) is 41.0 Å². The second-order valence-corrected chi connectivity index (χ2v) is 4.71. The highest BCUT2D eigenvalue weighted by molar-refractivity contribution is 6.31. The first-order valence-electron chi connectivity index (χ1n) is 5.95. The molecule has 3 rings (SSSR count). The normalized spacial score (nSPS) is 18.0. The molecule has 4 amide bonds. The molecule has 0 saturated heterocycles. The Morgan fingerprint density at radius 3 is 2.15 bits per heavy atom. The van der Waals surface area contributed by atoms with Crippen LogP contribution in [0.1, 0.15) is 27.6 Å². The molecule has 0 unspecified atom stereocenters. The minimum absolute atomic E-state index is 0.208. The van der Waals surface area contributed by atoms with Crippen LogP contribution in [0, 0.1) is 0 Å². The lowest BCUT2D eigenvalue weighted by Gasteiger charge is -2.14. The minimum Gasteiger partial charge on any atom is -0.277 e. The van der Waals surface area contributed by atoms with E-state index in [-0.39, 0.29) is 17.0 Å². The molecule has 0 saturated carbocycles. The molecule has 0 atom stereocenters. The summed E-state index contributed by atoms with van der Waals surface area (Å²) in [5.74, 6) is -1.68. The third-order valence-corrected chi connectivity index (χ3v) is 3.43. The summed E-state index contributed by atoms with van der Waals surface area (Å²) in [6.07, 6.45) is 1.24. The largest absolute Gasteiger partial charge is 0.277 e. The average Bonchev–Trinajstić information content (AvgIpc) is 2.79. The van der Waals surface area contributed by atoms with Crippen LogP contribution in [0.25, 0.3) is 0 Å². The van der Waals surface area contributed by atoms with E-state index in [1.165, 1.54) is 31.3 Å². The smallest absolute Gasteiger partial charge is 0.261 e. The maximum absolute atomic E-state index is 11.9. The number of carbonyl (C=O) groups is 4. The van der Waals surface area contributed by atoms with Gasteiger partial charge in [0.05, 0.1) is 16.8 Å². The highest BCUT2D eigenvalue weighted by atomic mass is 16.2. The summed E-state index contributed by atoms with van der Waals surface area (Å²) in [6.45, 7) is 1.55. The second-order valence-electron chi connectivity index (χ2n) is 4.71. The van der Waals surface area contributed by atoms with E-state index in [0.717, 1.165) is 9.80 Å². The molecular weight excluding hydrogens is 260 g/mol. The van der Waals surface area contributed by atoms with Crippen molar-refractivity contribution in [1.29, 1.82) is 0 Å². The molecule has 2 aliphatic rings. The number of nitrogens with zero attached hydrogens (tertiary/aromatic N) is 2. The molecule has 100 valence electrons. The predicted molar refractivity (Wildman–Crippen MR) is 69.1 cm³/mol. The third kappa shape index (κ3) is 1.45. The van der Waals surface area contributed by atoms with Crippen molar-refractivity contribution in [2.24, 2.45) is 0 Å². The van der Waals surface area contributed by atoms with E-state index in [9.17, 15) is 19.2 Å². The van der Waals surface area contributed by atoms with Crippen LogP contribution in [0.2, 0.25) is 0 Å². The number of anilines is 1. The van der Waals surface area contributed by atoms with Crippen LogP contribution in [-0.2, 0) is 9.59 Å². The Kier molecular flexibility index (Phi) is 2.37. The molecule has 1 aromatic carbocycles. The van der Waals surface area contributed by atoms with Gasteiger partial charge in [-0.3, -0.25) is 24.1 Å². The molecule has 0 N–H and O–H groups in total. The predicted octanol–water partition coefficient (Wildman–Crippen LogP) is 0.732. The number of hydrogen-bond donors (Lipinski definition) is 0. The fraction of sp³-hybridized carbons (Fsp3) is 0.143. The van der Waals surface area contributed by atoms with Gasteiger partial charge >= 0.3 is 0 Å². The van der Waals surface area contributed by atoms with Gasteiger partial charge in [-0.05, 0) is 25.1 Å². The topological polar surface area (TPSA) is 74.8 Å². The molecule has 20 heavy (non-hydrogen) atoms. The zero-order valence-electron chi connectivity index (χ0n) is 10.8. The summed E-state index contributed by atoms with van der Waals surface area (Å²) in [5.41, 5.74) is 1.13. The molecule has 0 bridgehead atoms. The number of amides is 4. The molecule has 0 aromatic heterocycles. The van der Waals surface area contributed by atoms with Crippen molar-refractivity contribution in [1.82, 2.24) is 4.90 Å². The Hall–Kier alpha value is -2.76. The maximum atomic E-state index is 11.9. The number of carbonyl (C=O) groups excluding carboxylic acids is 4. The zero-order valence-corrected chi connectivity index (χ0v) is 10.8. The molecule has 2 aliphatic heterocycles. The summed E-state index contributed by atoms with van der Waals surface area (Å²) in [5, 5.41) is 0.